The zero-order valence-corrected chi connectivity index (χ0v) is 15.4. The monoisotopic (exact) mass is 351 g/mol. The van der Waals surface area contributed by atoms with E-state index in [0.29, 0.717) is 6.04 Å². The molecule has 0 amide bonds. The maximum atomic E-state index is 3.83. The van der Waals surface area contributed by atoms with Crippen LogP contribution in [0.5, 0.6) is 0 Å². The van der Waals surface area contributed by atoms with Gasteiger partial charge in [-0.05, 0) is 67.8 Å². The normalized spacial score (nSPS) is 24.0. The van der Waals surface area contributed by atoms with Crippen molar-refractivity contribution in [3.05, 3.63) is 33.8 Å². The lowest BCUT2D eigenvalue weighted by molar-refractivity contribution is 0.209. The Bertz CT molecular complexity index is 423. The van der Waals surface area contributed by atoms with Crippen LogP contribution in [-0.4, -0.2) is 6.54 Å². The number of nitrogens with one attached hydrogen (secondary N) is 1. The second kappa shape index (κ2) is 8.33. The molecule has 3 atom stereocenters. The summed E-state index contributed by atoms with van der Waals surface area (Å²) in [6.45, 7) is 7.92. The van der Waals surface area contributed by atoms with E-state index in [1.54, 1.807) is 0 Å². The fraction of sp³-hybridized carbons (Fsp3) is 0.684. The first-order valence-corrected chi connectivity index (χ1v) is 9.43. The van der Waals surface area contributed by atoms with Gasteiger partial charge >= 0.3 is 0 Å². The molecule has 0 spiro atoms. The molecule has 1 N–H and O–H groups in total. The molecule has 0 aliphatic heterocycles. The van der Waals surface area contributed by atoms with Gasteiger partial charge in [0, 0.05) is 10.5 Å². The van der Waals surface area contributed by atoms with Crippen LogP contribution in [0.3, 0.4) is 0 Å². The Morgan fingerprint density at radius 1 is 1.24 bits per heavy atom. The fourth-order valence-corrected chi connectivity index (χ4v) is 4.43. The van der Waals surface area contributed by atoms with E-state index in [1.165, 1.54) is 54.1 Å². The number of hydrogen-bond acceptors (Lipinski definition) is 1. The third-order valence-electron chi connectivity index (χ3n) is 4.91. The summed E-state index contributed by atoms with van der Waals surface area (Å²) in [7, 11) is 0. The van der Waals surface area contributed by atoms with E-state index in [9.17, 15) is 0 Å². The minimum absolute atomic E-state index is 0.524. The molecular formula is C19H30BrN. The van der Waals surface area contributed by atoms with Gasteiger partial charge in [-0.2, -0.15) is 0 Å². The average Bonchev–Trinajstić information content (AvgIpc) is 2.47. The smallest absolute Gasteiger partial charge is 0.0349 e. The van der Waals surface area contributed by atoms with Crippen LogP contribution >= 0.6 is 15.9 Å². The van der Waals surface area contributed by atoms with Crippen molar-refractivity contribution >= 4 is 15.9 Å². The van der Waals surface area contributed by atoms with Gasteiger partial charge < -0.3 is 5.32 Å². The number of benzene rings is 1. The van der Waals surface area contributed by atoms with Gasteiger partial charge in [-0.1, -0.05) is 55.1 Å². The largest absolute Gasteiger partial charge is 0.310 e. The first kappa shape index (κ1) is 17.0. The standard InChI is InChI=1S/C19H30BrN/c1-4-9-21-19(16-8-6-7-15(5-2)12-16)17-10-14(3)11-18(20)13-17/h10-11,13,15-16,19,21H,4-9,12H2,1-3H3. The van der Waals surface area contributed by atoms with Crippen LogP contribution in [0.4, 0.5) is 0 Å². The fourth-order valence-electron chi connectivity index (χ4n) is 3.81. The third kappa shape index (κ3) is 4.82. The van der Waals surface area contributed by atoms with Crippen molar-refractivity contribution < 1.29 is 0 Å². The van der Waals surface area contributed by atoms with Crippen molar-refractivity contribution in [2.75, 3.05) is 6.54 Å². The summed E-state index contributed by atoms with van der Waals surface area (Å²) in [6, 6.07) is 7.41. The van der Waals surface area contributed by atoms with Crippen molar-refractivity contribution in [2.45, 2.75) is 65.3 Å². The summed E-state index contributed by atoms with van der Waals surface area (Å²) in [5, 5.41) is 3.83. The van der Waals surface area contributed by atoms with Crippen LogP contribution in [0.2, 0.25) is 0 Å². The lowest BCUT2D eigenvalue weighted by atomic mass is 9.75. The summed E-state index contributed by atoms with van der Waals surface area (Å²) in [4.78, 5) is 0. The zero-order chi connectivity index (χ0) is 15.2. The van der Waals surface area contributed by atoms with Gasteiger partial charge in [0.05, 0.1) is 0 Å². The van der Waals surface area contributed by atoms with E-state index in [2.05, 4.69) is 60.2 Å². The summed E-state index contributed by atoms with van der Waals surface area (Å²) >= 11 is 3.67. The van der Waals surface area contributed by atoms with Gasteiger partial charge in [0.2, 0.25) is 0 Å². The predicted octanol–water partition coefficient (Wildman–Crippen LogP) is 6.01. The lowest BCUT2D eigenvalue weighted by Crippen LogP contribution is -2.32. The van der Waals surface area contributed by atoms with Crippen molar-refractivity contribution in [2.24, 2.45) is 11.8 Å². The van der Waals surface area contributed by atoms with Crippen molar-refractivity contribution in [1.29, 1.82) is 0 Å². The van der Waals surface area contributed by atoms with Gasteiger partial charge in [0.1, 0.15) is 0 Å². The molecule has 1 aromatic rings. The van der Waals surface area contributed by atoms with Crippen LogP contribution < -0.4 is 5.32 Å². The van der Waals surface area contributed by atoms with Crippen LogP contribution in [0.25, 0.3) is 0 Å². The Morgan fingerprint density at radius 2 is 2.05 bits per heavy atom. The first-order valence-electron chi connectivity index (χ1n) is 8.64. The Balaban J connectivity index is 2.20. The molecule has 1 saturated carbocycles. The van der Waals surface area contributed by atoms with E-state index in [-0.39, 0.29) is 0 Å². The average molecular weight is 352 g/mol. The number of hydrogen-bond donors (Lipinski definition) is 1. The highest BCUT2D eigenvalue weighted by Gasteiger charge is 2.28. The maximum absolute atomic E-state index is 3.83. The molecular weight excluding hydrogens is 322 g/mol. The molecule has 1 aliphatic rings. The van der Waals surface area contributed by atoms with Gasteiger partial charge in [-0.15, -0.1) is 0 Å². The zero-order valence-electron chi connectivity index (χ0n) is 13.8. The molecule has 1 aliphatic carbocycles. The minimum Gasteiger partial charge on any atom is -0.310 e. The quantitative estimate of drug-likeness (QED) is 0.661. The van der Waals surface area contributed by atoms with Crippen molar-refractivity contribution in [3.63, 3.8) is 0 Å². The van der Waals surface area contributed by atoms with E-state index in [1.807, 2.05) is 0 Å². The Morgan fingerprint density at radius 3 is 2.71 bits per heavy atom. The summed E-state index contributed by atoms with van der Waals surface area (Å²) in [5.74, 6) is 1.73. The van der Waals surface area contributed by atoms with E-state index in [0.717, 1.165) is 18.4 Å². The molecule has 3 unspecified atom stereocenters. The number of rotatable bonds is 6. The third-order valence-corrected chi connectivity index (χ3v) is 5.37. The minimum atomic E-state index is 0.524. The summed E-state index contributed by atoms with van der Waals surface area (Å²) < 4.78 is 1.21. The molecule has 0 aromatic heterocycles. The molecule has 1 aromatic carbocycles. The van der Waals surface area contributed by atoms with Crippen LogP contribution in [0.15, 0.2) is 22.7 Å². The Labute approximate surface area is 139 Å². The van der Waals surface area contributed by atoms with Gasteiger partial charge in [0.25, 0.3) is 0 Å². The molecule has 2 rings (SSSR count). The Hall–Kier alpha value is -0.340. The van der Waals surface area contributed by atoms with Gasteiger partial charge in [-0.3, -0.25) is 0 Å². The Kier molecular flexibility index (Phi) is 6.75. The lowest BCUT2D eigenvalue weighted by Gasteiger charge is -2.35. The van der Waals surface area contributed by atoms with Gasteiger partial charge in [0.15, 0.2) is 0 Å². The molecule has 0 heterocycles. The molecule has 21 heavy (non-hydrogen) atoms. The second-order valence-corrected chi connectivity index (χ2v) is 7.61. The van der Waals surface area contributed by atoms with Crippen LogP contribution in [0, 0.1) is 18.8 Å². The summed E-state index contributed by atoms with van der Waals surface area (Å²) in [6.07, 6.45) is 8.15. The highest BCUT2D eigenvalue weighted by Crippen LogP contribution is 2.39. The van der Waals surface area contributed by atoms with Gasteiger partial charge in [-0.25, -0.2) is 0 Å². The molecule has 118 valence electrons. The van der Waals surface area contributed by atoms with Crippen molar-refractivity contribution in [1.82, 2.24) is 5.32 Å². The van der Waals surface area contributed by atoms with Crippen LogP contribution in [0.1, 0.15) is 69.5 Å². The highest BCUT2D eigenvalue weighted by atomic mass is 79.9. The molecule has 0 bridgehead atoms. The number of halogens is 1. The number of aryl methyl sites for hydroxylation is 1. The van der Waals surface area contributed by atoms with E-state index < -0.39 is 0 Å². The molecule has 1 nitrogen and oxygen atoms in total. The first-order chi connectivity index (χ1) is 10.1. The highest BCUT2D eigenvalue weighted by molar-refractivity contribution is 9.10. The van der Waals surface area contributed by atoms with E-state index in [4.69, 9.17) is 0 Å². The molecule has 1 fully saturated rings. The second-order valence-electron chi connectivity index (χ2n) is 6.69. The van der Waals surface area contributed by atoms with Crippen LogP contribution in [-0.2, 0) is 0 Å². The predicted molar refractivity (Wildman–Crippen MR) is 95.7 cm³/mol. The molecule has 0 radical (unpaired) electrons. The summed E-state index contributed by atoms with van der Waals surface area (Å²) in [5.41, 5.74) is 2.82. The molecule has 2 heteroatoms. The van der Waals surface area contributed by atoms with Crippen molar-refractivity contribution in [3.8, 4) is 0 Å². The van der Waals surface area contributed by atoms with E-state index >= 15 is 0 Å². The SMILES string of the molecule is CCCNC(c1cc(C)cc(Br)c1)C1CCCC(CC)C1. The topological polar surface area (TPSA) is 12.0 Å². The maximum Gasteiger partial charge on any atom is 0.0349 e. The molecule has 0 saturated heterocycles.